The lowest BCUT2D eigenvalue weighted by molar-refractivity contribution is -0.292. The van der Waals surface area contributed by atoms with Crippen LogP contribution in [0.3, 0.4) is 0 Å². The van der Waals surface area contributed by atoms with E-state index in [2.05, 4.69) is 0 Å². The van der Waals surface area contributed by atoms with E-state index in [0.717, 1.165) is 20.8 Å². The van der Waals surface area contributed by atoms with Gasteiger partial charge in [-0.2, -0.15) is 0 Å². The number of rotatable bonds is 4. The van der Waals surface area contributed by atoms with Crippen molar-refractivity contribution in [2.24, 2.45) is 0 Å². The van der Waals surface area contributed by atoms with Crippen LogP contribution in [0.25, 0.3) is 0 Å². The van der Waals surface area contributed by atoms with Crippen LogP contribution in [0.5, 0.6) is 0 Å². The van der Waals surface area contributed by atoms with E-state index in [1.807, 2.05) is 0 Å². The van der Waals surface area contributed by atoms with Crippen LogP contribution in [0.4, 0.5) is 0 Å². The summed E-state index contributed by atoms with van der Waals surface area (Å²) in [4.78, 5) is 45.1. The van der Waals surface area contributed by atoms with Crippen LogP contribution in [0.15, 0.2) is 0 Å². The first-order valence-corrected chi connectivity index (χ1v) is 6.96. The van der Waals surface area contributed by atoms with Crippen LogP contribution in [0.2, 0.25) is 0 Å². The molecule has 0 bridgehead atoms. The number of ether oxygens (including phenoxy) is 5. The van der Waals surface area contributed by atoms with E-state index >= 15 is 0 Å². The lowest BCUT2D eigenvalue weighted by atomic mass is 9.99. The van der Waals surface area contributed by atoms with E-state index in [1.165, 1.54) is 6.92 Å². The third-order valence-corrected chi connectivity index (χ3v) is 2.92. The molecule has 0 aromatic carbocycles. The van der Waals surface area contributed by atoms with Gasteiger partial charge in [-0.1, -0.05) is 0 Å². The van der Waals surface area contributed by atoms with Crippen molar-refractivity contribution < 1.29 is 42.9 Å². The van der Waals surface area contributed by atoms with E-state index in [4.69, 9.17) is 23.7 Å². The molecule has 1 aliphatic heterocycles. The predicted molar refractivity (Wildman–Crippen MR) is 72.8 cm³/mol. The average molecular weight is 332 g/mol. The molecule has 9 nitrogen and oxygen atoms in total. The average Bonchev–Trinajstić information content (AvgIpc) is 2.36. The summed E-state index contributed by atoms with van der Waals surface area (Å²) in [6.07, 6.45) is -5.51. The molecule has 4 unspecified atom stereocenters. The predicted octanol–water partition coefficient (Wildman–Crippen LogP) is 0.0894. The minimum absolute atomic E-state index is 0.630. The molecule has 1 aliphatic rings. The highest BCUT2D eigenvalue weighted by molar-refractivity contribution is 5.69. The molecule has 0 aromatic heterocycles. The fraction of sp³-hybridized carbons (Fsp3) is 0.714. The van der Waals surface area contributed by atoms with Gasteiger partial charge in [-0.15, -0.1) is 0 Å². The van der Waals surface area contributed by atoms with Gasteiger partial charge in [0, 0.05) is 27.7 Å². The van der Waals surface area contributed by atoms with E-state index in [9.17, 15) is 19.2 Å². The van der Waals surface area contributed by atoms with E-state index in [0.29, 0.717) is 0 Å². The Balaban J connectivity index is 3.15. The summed E-state index contributed by atoms with van der Waals surface area (Å²) in [6, 6.07) is 0. The van der Waals surface area contributed by atoms with Crippen molar-refractivity contribution in [1.29, 1.82) is 0 Å². The van der Waals surface area contributed by atoms with Crippen molar-refractivity contribution in [2.45, 2.75) is 65.3 Å². The Hall–Kier alpha value is -2.16. The Kier molecular flexibility index (Phi) is 6.49. The molecule has 0 radical (unpaired) electrons. The molecule has 1 heterocycles. The van der Waals surface area contributed by atoms with Gasteiger partial charge in [-0.05, 0) is 6.92 Å². The Morgan fingerprint density at radius 1 is 0.652 bits per heavy atom. The number of carbonyl (C=O) groups excluding carboxylic acids is 4. The highest BCUT2D eigenvalue weighted by Crippen LogP contribution is 2.29. The summed E-state index contributed by atoms with van der Waals surface area (Å²) in [5.41, 5.74) is 0. The van der Waals surface area contributed by atoms with Crippen LogP contribution in [-0.2, 0) is 42.9 Å². The molecule has 0 amide bonds. The van der Waals surface area contributed by atoms with Crippen LogP contribution in [0, 0.1) is 0 Å². The Bertz CT molecular complexity index is 487. The number of hydrogen-bond acceptors (Lipinski definition) is 9. The molecule has 0 aromatic rings. The second-order valence-corrected chi connectivity index (χ2v) is 5.04. The van der Waals surface area contributed by atoms with Crippen molar-refractivity contribution >= 4 is 23.9 Å². The second-order valence-electron chi connectivity index (χ2n) is 5.04. The Morgan fingerprint density at radius 2 is 1.04 bits per heavy atom. The smallest absolute Gasteiger partial charge is 0.305 e. The molecule has 9 heteroatoms. The number of carbonyl (C=O) groups is 4. The van der Waals surface area contributed by atoms with Gasteiger partial charge >= 0.3 is 23.9 Å². The maximum absolute atomic E-state index is 11.4. The maximum Gasteiger partial charge on any atom is 0.305 e. The molecule has 1 rings (SSSR count). The normalized spacial score (nSPS) is 30.0. The van der Waals surface area contributed by atoms with Crippen LogP contribution in [-0.4, -0.2) is 54.6 Å². The van der Waals surface area contributed by atoms with Crippen LogP contribution in [0.1, 0.15) is 34.6 Å². The zero-order chi connectivity index (χ0) is 17.7. The molecule has 1 fully saturated rings. The molecule has 0 saturated carbocycles. The Morgan fingerprint density at radius 3 is 1.48 bits per heavy atom. The molecular formula is C14H20O9. The number of esters is 4. The van der Waals surface area contributed by atoms with Gasteiger partial charge in [0.2, 0.25) is 12.4 Å². The lowest BCUT2D eigenvalue weighted by Gasteiger charge is -2.42. The summed E-state index contributed by atoms with van der Waals surface area (Å²) >= 11 is 0. The first-order valence-electron chi connectivity index (χ1n) is 6.96. The van der Waals surface area contributed by atoms with Gasteiger partial charge < -0.3 is 23.7 Å². The van der Waals surface area contributed by atoms with Gasteiger partial charge in [0.25, 0.3) is 0 Å². The Labute approximate surface area is 133 Å². The molecule has 23 heavy (non-hydrogen) atoms. The monoisotopic (exact) mass is 332 g/mol. The van der Waals surface area contributed by atoms with E-state index < -0.39 is 54.6 Å². The molecular weight excluding hydrogens is 312 g/mol. The van der Waals surface area contributed by atoms with Gasteiger partial charge in [-0.3, -0.25) is 19.2 Å². The summed E-state index contributed by atoms with van der Waals surface area (Å²) in [5, 5.41) is 0. The highest BCUT2D eigenvalue weighted by Gasteiger charge is 2.51. The molecule has 5 atom stereocenters. The highest BCUT2D eigenvalue weighted by atomic mass is 16.7. The maximum atomic E-state index is 11.4. The fourth-order valence-electron chi connectivity index (χ4n) is 2.23. The standard InChI is InChI=1S/C14H20O9/c1-6-11(20-7(2)15)12(21-8(3)16)13(22-9(4)17)14(19-6)23-10(5)18/h6,11-14H,1-5H3/t6?,11-,12?,13?,14?/m0/s1. The third-order valence-electron chi connectivity index (χ3n) is 2.92. The van der Waals surface area contributed by atoms with Crippen molar-refractivity contribution in [1.82, 2.24) is 0 Å². The van der Waals surface area contributed by atoms with Gasteiger partial charge in [-0.25, -0.2) is 0 Å². The van der Waals surface area contributed by atoms with Crippen molar-refractivity contribution in [3.8, 4) is 0 Å². The summed E-state index contributed by atoms with van der Waals surface area (Å²) in [5.74, 6) is -2.69. The molecule has 0 aliphatic carbocycles. The zero-order valence-electron chi connectivity index (χ0n) is 13.6. The van der Waals surface area contributed by atoms with Crippen molar-refractivity contribution in [3.63, 3.8) is 0 Å². The molecule has 0 spiro atoms. The quantitative estimate of drug-likeness (QED) is 0.521. The SMILES string of the molecule is CC(=O)OC1OC(C)[C@H](OC(C)=O)C(OC(C)=O)C1OC(C)=O. The molecule has 130 valence electrons. The minimum Gasteiger partial charge on any atom is -0.456 e. The van der Waals surface area contributed by atoms with Crippen molar-refractivity contribution in [3.05, 3.63) is 0 Å². The first-order chi connectivity index (χ1) is 10.6. The summed E-state index contributed by atoms with van der Waals surface area (Å²) < 4.78 is 25.7. The van der Waals surface area contributed by atoms with E-state index in [1.54, 1.807) is 6.92 Å². The molecule has 0 N–H and O–H groups in total. The summed E-state index contributed by atoms with van der Waals surface area (Å²) in [6.45, 7) is 6.16. The zero-order valence-corrected chi connectivity index (χ0v) is 13.6. The number of hydrogen-bond donors (Lipinski definition) is 0. The largest absolute Gasteiger partial charge is 0.456 e. The van der Waals surface area contributed by atoms with Crippen LogP contribution < -0.4 is 0 Å². The van der Waals surface area contributed by atoms with Gasteiger partial charge in [0.15, 0.2) is 12.2 Å². The summed E-state index contributed by atoms with van der Waals surface area (Å²) in [7, 11) is 0. The van der Waals surface area contributed by atoms with Crippen LogP contribution >= 0.6 is 0 Å². The first kappa shape index (κ1) is 18.9. The van der Waals surface area contributed by atoms with Crippen molar-refractivity contribution in [2.75, 3.05) is 0 Å². The minimum atomic E-state index is -1.29. The second kappa shape index (κ2) is 7.91. The fourth-order valence-corrected chi connectivity index (χ4v) is 2.23. The topological polar surface area (TPSA) is 114 Å². The van der Waals surface area contributed by atoms with Gasteiger partial charge in [0.1, 0.15) is 0 Å². The molecule has 1 saturated heterocycles. The lowest BCUT2D eigenvalue weighted by Crippen LogP contribution is -2.61. The van der Waals surface area contributed by atoms with Gasteiger partial charge in [0.05, 0.1) is 6.10 Å². The van der Waals surface area contributed by atoms with E-state index in [-0.39, 0.29) is 0 Å². The third kappa shape index (κ3) is 5.51.